The molecular weight excluding hydrogens is 471 g/mol. The van der Waals surface area contributed by atoms with Crippen molar-refractivity contribution in [3.8, 4) is 0 Å². The van der Waals surface area contributed by atoms with Crippen molar-refractivity contribution in [1.82, 2.24) is 10.2 Å². The van der Waals surface area contributed by atoms with Crippen LogP contribution in [0.1, 0.15) is 34.8 Å². The van der Waals surface area contributed by atoms with E-state index in [-0.39, 0.29) is 27.3 Å². The number of benzene rings is 2. The van der Waals surface area contributed by atoms with Gasteiger partial charge in [0.25, 0.3) is 5.91 Å². The Balaban J connectivity index is 1.55. The summed E-state index contributed by atoms with van der Waals surface area (Å²) < 4.78 is 43.6. The third-order valence-corrected chi connectivity index (χ3v) is 7.40. The average molecular weight is 495 g/mol. The van der Waals surface area contributed by atoms with E-state index < -0.39 is 33.6 Å². The van der Waals surface area contributed by atoms with Crippen molar-refractivity contribution in [2.24, 2.45) is 5.92 Å². The van der Waals surface area contributed by atoms with Crippen molar-refractivity contribution in [1.29, 1.82) is 0 Å². The lowest BCUT2D eigenvalue weighted by molar-refractivity contribution is -0.128. The first-order valence-corrected chi connectivity index (χ1v) is 12.9. The number of sulfone groups is 1. The fourth-order valence-corrected chi connectivity index (χ4v) is 5.03. The lowest BCUT2D eigenvalue weighted by atomic mass is 9.90. The molecule has 0 bridgehead atoms. The summed E-state index contributed by atoms with van der Waals surface area (Å²) in [4.78, 5) is 27.9. The van der Waals surface area contributed by atoms with Crippen molar-refractivity contribution in [3.63, 3.8) is 0 Å². The molecule has 176 valence electrons. The molecule has 2 amide bonds. The molecule has 2 aliphatic heterocycles. The van der Waals surface area contributed by atoms with Gasteiger partial charge >= 0.3 is 0 Å². The zero-order valence-corrected chi connectivity index (χ0v) is 19.5. The molecule has 0 saturated carbocycles. The van der Waals surface area contributed by atoms with Gasteiger partial charge in [0.05, 0.1) is 24.2 Å². The highest BCUT2D eigenvalue weighted by atomic mass is 35.5. The van der Waals surface area contributed by atoms with Crippen LogP contribution in [-0.4, -0.2) is 57.2 Å². The number of nitrogens with zero attached hydrogens (tertiary/aromatic N) is 1. The van der Waals surface area contributed by atoms with Crippen LogP contribution < -0.4 is 5.32 Å². The third-order valence-electron chi connectivity index (χ3n) is 6.06. The quantitative estimate of drug-likeness (QED) is 0.666. The predicted molar refractivity (Wildman–Crippen MR) is 120 cm³/mol. The van der Waals surface area contributed by atoms with Gasteiger partial charge in [-0.15, -0.1) is 0 Å². The molecule has 0 spiro atoms. The van der Waals surface area contributed by atoms with Gasteiger partial charge in [0.1, 0.15) is 11.9 Å². The van der Waals surface area contributed by atoms with E-state index in [1.807, 2.05) is 0 Å². The summed E-state index contributed by atoms with van der Waals surface area (Å²) in [6, 6.07) is 8.75. The summed E-state index contributed by atoms with van der Waals surface area (Å²) in [5.74, 6) is -1.41. The number of likely N-dealkylation sites (tertiary alicyclic amines) is 1. The molecule has 7 nitrogen and oxygen atoms in total. The van der Waals surface area contributed by atoms with Crippen LogP contribution in [0.3, 0.4) is 0 Å². The number of nitrogens with one attached hydrogen (secondary N) is 1. The van der Waals surface area contributed by atoms with Crippen LogP contribution in [-0.2, 0) is 19.4 Å². The van der Waals surface area contributed by atoms with Gasteiger partial charge in [-0.05, 0) is 43.2 Å². The fraction of sp³-hybridized carbons (Fsp3) is 0.391. The van der Waals surface area contributed by atoms with Crippen LogP contribution in [0.15, 0.2) is 47.4 Å². The fourth-order valence-electron chi connectivity index (χ4n) is 4.21. The Morgan fingerprint density at radius 1 is 1.21 bits per heavy atom. The van der Waals surface area contributed by atoms with E-state index in [4.69, 9.17) is 16.3 Å². The van der Waals surface area contributed by atoms with Crippen LogP contribution >= 0.6 is 11.6 Å². The first-order chi connectivity index (χ1) is 15.6. The van der Waals surface area contributed by atoms with Crippen molar-refractivity contribution in [3.05, 3.63) is 64.4 Å². The molecule has 0 aliphatic carbocycles. The monoisotopic (exact) mass is 494 g/mol. The van der Waals surface area contributed by atoms with Gasteiger partial charge in [0.2, 0.25) is 5.91 Å². The number of hydrogen-bond donors (Lipinski definition) is 1. The normalized spacial score (nSPS) is 19.7. The maximum atomic E-state index is 14.6. The standard InChI is InChI=1S/C23H24ClFN2O5S/c1-33(30,31)17-5-2-4-14(10-17)23(29)27-9-3-6-20(27)22(28)26-21(15-12-32-13-15)18-8-7-16(24)11-19(18)25/h2,4-5,7-8,10-11,15,20-21H,3,6,9,12-13H2,1H3,(H,26,28)/t20-,21?/m1/s1. The van der Waals surface area contributed by atoms with E-state index in [0.717, 1.165) is 6.26 Å². The number of carbonyl (C=O) groups excluding carboxylic acids is 2. The van der Waals surface area contributed by atoms with E-state index in [0.29, 0.717) is 38.2 Å². The van der Waals surface area contributed by atoms with E-state index >= 15 is 0 Å². The second-order valence-corrected chi connectivity index (χ2v) is 10.9. The maximum absolute atomic E-state index is 14.6. The minimum atomic E-state index is -3.48. The van der Waals surface area contributed by atoms with Crippen LogP contribution in [0.2, 0.25) is 5.02 Å². The van der Waals surface area contributed by atoms with Gasteiger partial charge in [-0.2, -0.15) is 0 Å². The van der Waals surface area contributed by atoms with Gasteiger partial charge in [0, 0.05) is 34.9 Å². The summed E-state index contributed by atoms with van der Waals surface area (Å²) in [6.07, 6.45) is 2.16. The Kier molecular flexibility index (Phi) is 6.74. The molecule has 0 aromatic heterocycles. The summed E-state index contributed by atoms with van der Waals surface area (Å²) in [6.45, 7) is 1.14. The number of amides is 2. The SMILES string of the molecule is CS(=O)(=O)c1cccc(C(=O)N2CCC[C@@H]2C(=O)NC(c2ccc(Cl)cc2F)C2COC2)c1. The molecule has 2 saturated heterocycles. The van der Waals surface area contributed by atoms with E-state index in [1.54, 1.807) is 12.1 Å². The Labute approximate surface area is 196 Å². The molecule has 10 heteroatoms. The van der Waals surface area contributed by atoms with Crippen molar-refractivity contribution < 1.29 is 27.1 Å². The zero-order valence-electron chi connectivity index (χ0n) is 18.0. The van der Waals surface area contributed by atoms with E-state index in [2.05, 4.69) is 5.32 Å². The molecule has 2 aliphatic rings. The van der Waals surface area contributed by atoms with Crippen LogP contribution in [0, 0.1) is 11.7 Å². The summed E-state index contributed by atoms with van der Waals surface area (Å²) in [5, 5.41) is 3.18. The summed E-state index contributed by atoms with van der Waals surface area (Å²) >= 11 is 5.88. The number of ether oxygens (including phenoxy) is 1. The number of rotatable bonds is 6. The smallest absolute Gasteiger partial charge is 0.254 e. The van der Waals surface area contributed by atoms with Crippen LogP contribution in [0.5, 0.6) is 0 Å². The topological polar surface area (TPSA) is 92.8 Å². The van der Waals surface area contributed by atoms with E-state index in [9.17, 15) is 22.4 Å². The number of carbonyl (C=O) groups is 2. The molecule has 2 fully saturated rings. The highest BCUT2D eigenvalue weighted by molar-refractivity contribution is 7.90. The molecule has 2 heterocycles. The molecule has 33 heavy (non-hydrogen) atoms. The first-order valence-electron chi connectivity index (χ1n) is 10.6. The van der Waals surface area contributed by atoms with Gasteiger partial charge in [-0.3, -0.25) is 9.59 Å². The minimum absolute atomic E-state index is 0.0387. The van der Waals surface area contributed by atoms with Crippen molar-refractivity contribution in [2.45, 2.75) is 29.8 Å². The zero-order chi connectivity index (χ0) is 23.8. The van der Waals surface area contributed by atoms with Gasteiger partial charge in [0.15, 0.2) is 9.84 Å². The molecule has 0 radical (unpaired) electrons. The van der Waals surface area contributed by atoms with Gasteiger partial charge in [-0.1, -0.05) is 23.7 Å². The predicted octanol–water partition coefficient (Wildman–Crippen LogP) is 2.99. The molecule has 1 N–H and O–H groups in total. The van der Waals surface area contributed by atoms with Crippen molar-refractivity contribution >= 4 is 33.3 Å². The first kappa shape index (κ1) is 23.7. The van der Waals surface area contributed by atoms with Crippen molar-refractivity contribution in [2.75, 3.05) is 26.0 Å². The van der Waals surface area contributed by atoms with Crippen LogP contribution in [0.4, 0.5) is 4.39 Å². The molecule has 4 rings (SSSR count). The Hall–Kier alpha value is -2.49. The summed E-state index contributed by atoms with van der Waals surface area (Å²) in [5.41, 5.74) is 0.517. The highest BCUT2D eigenvalue weighted by Crippen LogP contribution is 2.32. The maximum Gasteiger partial charge on any atom is 0.254 e. The highest BCUT2D eigenvalue weighted by Gasteiger charge is 2.39. The van der Waals surface area contributed by atoms with E-state index in [1.165, 1.54) is 35.2 Å². The van der Waals surface area contributed by atoms with Gasteiger partial charge < -0.3 is 15.0 Å². The third kappa shape index (κ3) is 5.05. The lowest BCUT2D eigenvalue weighted by Gasteiger charge is -2.36. The molecule has 2 aromatic rings. The second kappa shape index (κ2) is 9.40. The largest absolute Gasteiger partial charge is 0.381 e. The summed E-state index contributed by atoms with van der Waals surface area (Å²) in [7, 11) is -3.48. The molecular formula is C23H24ClFN2O5S. The average Bonchev–Trinajstić information content (AvgIpc) is 3.21. The van der Waals surface area contributed by atoms with Crippen LogP contribution in [0.25, 0.3) is 0 Å². The number of hydrogen-bond acceptors (Lipinski definition) is 5. The molecule has 1 unspecified atom stereocenters. The Morgan fingerprint density at radius 2 is 1.97 bits per heavy atom. The number of halogens is 2. The molecule has 2 atom stereocenters. The Bertz CT molecular complexity index is 1190. The van der Waals surface area contributed by atoms with Gasteiger partial charge in [-0.25, -0.2) is 12.8 Å². The minimum Gasteiger partial charge on any atom is -0.381 e. The molecule has 2 aromatic carbocycles. The second-order valence-electron chi connectivity index (χ2n) is 8.41. The lowest BCUT2D eigenvalue weighted by Crippen LogP contribution is -2.50. The Morgan fingerprint density at radius 3 is 2.61 bits per heavy atom.